The van der Waals surface area contributed by atoms with Gasteiger partial charge >= 0.3 is 0 Å². The van der Waals surface area contributed by atoms with Gasteiger partial charge in [0.2, 0.25) is 0 Å². The Kier molecular flexibility index (Phi) is 5.59. The van der Waals surface area contributed by atoms with Crippen LogP contribution in [0.2, 0.25) is 0 Å². The molecule has 6 nitrogen and oxygen atoms in total. The second kappa shape index (κ2) is 7.87. The normalized spacial score (nSPS) is 9.91. The van der Waals surface area contributed by atoms with Crippen molar-refractivity contribution in [3.8, 4) is 17.2 Å². The molecule has 0 atom stereocenters. The molecule has 1 N–H and O–H groups in total. The van der Waals surface area contributed by atoms with Gasteiger partial charge in [0.1, 0.15) is 17.2 Å². The zero-order chi connectivity index (χ0) is 15.8. The molecule has 6 heteroatoms. The molecular formula is C16H18N2O4. The first-order valence-corrected chi connectivity index (χ1v) is 6.72. The maximum Gasteiger partial charge on any atom is 0.258 e. The van der Waals surface area contributed by atoms with Gasteiger partial charge in [-0.15, -0.1) is 0 Å². The molecule has 0 aliphatic carbocycles. The first-order valence-electron chi connectivity index (χ1n) is 6.72. The van der Waals surface area contributed by atoms with Crippen LogP contribution in [0.4, 0.5) is 0 Å². The fourth-order valence-corrected chi connectivity index (χ4v) is 1.77. The summed E-state index contributed by atoms with van der Waals surface area (Å²) in [5, 5.41) is 2.77. The lowest BCUT2D eigenvalue weighted by molar-refractivity contribution is -0.123. The van der Waals surface area contributed by atoms with Crippen LogP contribution in [-0.4, -0.2) is 31.7 Å². The summed E-state index contributed by atoms with van der Waals surface area (Å²) in [6.45, 7) is 0.355. The number of pyridine rings is 1. The van der Waals surface area contributed by atoms with Crippen LogP contribution in [0.5, 0.6) is 17.2 Å². The Morgan fingerprint density at radius 2 is 1.64 bits per heavy atom. The molecule has 2 rings (SSSR count). The van der Waals surface area contributed by atoms with Crippen LogP contribution in [0.3, 0.4) is 0 Å². The summed E-state index contributed by atoms with van der Waals surface area (Å²) in [6.07, 6.45) is 3.36. The van der Waals surface area contributed by atoms with E-state index in [0.29, 0.717) is 23.8 Å². The molecule has 1 heterocycles. The Hall–Kier alpha value is -2.76. The first kappa shape index (κ1) is 15.6. The Morgan fingerprint density at radius 3 is 2.23 bits per heavy atom. The highest BCUT2D eigenvalue weighted by molar-refractivity contribution is 5.77. The summed E-state index contributed by atoms with van der Waals surface area (Å²) in [7, 11) is 3.11. The molecule has 0 radical (unpaired) electrons. The molecular weight excluding hydrogens is 284 g/mol. The Labute approximate surface area is 129 Å². The van der Waals surface area contributed by atoms with Gasteiger partial charge in [-0.05, 0) is 17.7 Å². The number of nitrogens with zero attached hydrogens (tertiary/aromatic N) is 1. The lowest BCUT2D eigenvalue weighted by atomic mass is 10.3. The topological polar surface area (TPSA) is 69.7 Å². The number of hydrogen-bond acceptors (Lipinski definition) is 5. The van der Waals surface area contributed by atoms with Crippen molar-refractivity contribution in [2.45, 2.75) is 6.54 Å². The van der Waals surface area contributed by atoms with E-state index in [0.717, 1.165) is 5.56 Å². The van der Waals surface area contributed by atoms with E-state index in [9.17, 15) is 4.79 Å². The quantitative estimate of drug-likeness (QED) is 0.844. The van der Waals surface area contributed by atoms with Crippen molar-refractivity contribution in [2.75, 3.05) is 20.8 Å². The van der Waals surface area contributed by atoms with E-state index in [2.05, 4.69) is 10.3 Å². The summed E-state index contributed by atoms with van der Waals surface area (Å²) >= 11 is 0. The number of ether oxygens (including phenoxy) is 3. The van der Waals surface area contributed by atoms with Crippen molar-refractivity contribution in [2.24, 2.45) is 0 Å². The molecule has 1 amide bonds. The third-order valence-corrected chi connectivity index (χ3v) is 2.93. The highest BCUT2D eigenvalue weighted by atomic mass is 16.5. The Balaban J connectivity index is 1.85. The predicted molar refractivity (Wildman–Crippen MR) is 81.1 cm³/mol. The van der Waals surface area contributed by atoms with Gasteiger partial charge in [-0.1, -0.05) is 0 Å². The Morgan fingerprint density at radius 1 is 1.05 bits per heavy atom. The summed E-state index contributed by atoms with van der Waals surface area (Å²) in [5.74, 6) is 1.51. The molecule has 1 aromatic heterocycles. The van der Waals surface area contributed by atoms with Gasteiger partial charge in [0, 0.05) is 37.1 Å². The SMILES string of the molecule is COc1cc(OC)cc(OCC(=O)NCc2ccncc2)c1. The maximum absolute atomic E-state index is 11.8. The van der Waals surface area contributed by atoms with Crippen molar-refractivity contribution in [3.63, 3.8) is 0 Å². The van der Waals surface area contributed by atoms with Gasteiger partial charge in [-0.3, -0.25) is 9.78 Å². The third-order valence-electron chi connectivity index (χ3n) is 2.93. The van der Waals surface area contributed by atoms with Gasteiger partial charge in [0.05, 0.1) is 14.2 Å². The number of methoxy groups -OCH3 is 2. The molecule has 0 bridgehead atoms. The minimum Gasteiger partial charge on any atom is -0.496 e. The number of benzene rings is 1. The number of nitrogens with one attached hydrogen (secondary N) is 1. The standard InChI is InChI=1S/C16H18N2O4/c1-20-13-7-14(21-2)9-15(8-13)22-11-16(19)18-10-12-3-5-17-6-4-12/h3-9H,10-11H2,1-2H3,(H,18,19). The fourth-order valence-electron chi connectivity index (χ4n) is 1.77. The van der Waals surface area contributed by atoms with E-state index < -0.39 is 0 Å². The molecule has 0 spiro atoms. The monoisotopic (exact) mass is 302 g/mol. The summed E-state index contributed by atoms with van der Waals surface area (Å²) in [4.78, 5) is 15.7. The molecule has 0 aliphatic rings. The second-order valence-electron chi connectivity index (χ2n) is 4.47. The van der Waals surface area contributed by atoms with Crippen LogP contribution in [-0.2, 0) is 11.3 Å². The molecule has 1 aromatic carbocycles. The van der Waals surface area contributed by atoms with Gasteiger partial charge in [-0.25, -0.2) is 0 Å². The zero-order valence-corrected chi connectivity index (χ0v) is 12.5. The van der Waals surface area contributed by atoms with Crippen LogP contribution in [0.25, 0.3) is 0 Å². The smallest absolute Gasteiger partial charge is 0.258 e. The molecule has 0 fully saturated rings. The largest absolute Gasteiger partial charge is 0.496 e. The number of carbonyl (C=O) groups is 1. The second-order valence-corrected chi connectivity index (χ2v) is 4.47. The average Bonchev–Trinajstić information content (AvgIpc) is 2.58. The van der Waals surface area contributed by atoms with E-state index >= 15 is 0 Å². The zero-order valence-electron chi connectivity index (χ0n) is 12.5. The van der Waals surface area contributed by atoms with Crippen molar-refractivity contribution < 1.29 is 19.0 Å². The fraction of sp³-hybridized carbons (Fsp3) is 0.250. The molecule has 2 aromatic rings. The van der Waals surface area contributed by atoms with Crippen LogP contribution in [0, 0.1) is 0 Å². The lowest BCUT2D eigenvalue weighted by Crippen LogP contribution is -2.28. The number of hydrogen-bond donors (Lipinski definition) is 1. The van der Waals surface area contributed by atoms with Crippen LogP contribution < -0.4 is 19.5 Å². The van der Waals surface area contributed by atoms with E-state index in [1.165, 1.54) is 0 Å². The van der Waals surface area contributed by atoms with Crippen molar-refractivity contribution in [3.05, 3.63) is 48.3 Å². The molecule has 0 aliphatic heterocycles. The molecule has 0 saturated heterocycles. The minimum absolute atomic E-state index is 0.0819. The van der Waals surface area contributed by atoms with Crippen molar-refractivity contribution in [1.29, 1.82) is 0 Å². The van der Waals surface area contributed by atoms with Gasteiger partial charge in [-0.2, -0.15) is 0 Å². The summed E-state index contributed by atoms with van der Waals surface area (Å²) in [5.41, 5.74) is 0.978. The number of amides is 1. The van der Waals surface area contributed by atoms with E-state index in [-0.39, 0.29) is 12.5 Å². The van der Waals surface area contributed by atoms with Crippen molar-refractivity contribution >= 4 is 5.91 Å². The summed E-state index contributed by atoms with van der Waals surface area (Å²) < 4.78 is 15.7. The predicted octanol–water partition coefficient (Wildman–Crippen LogP) is 1.79. The summed E-state index contributed by atoms with van der Waals surface area (Å²) in [6, 6.07) is 8.80. The Bertz CT molecular complexity index is 595. The van der Waals surface area contributed by atoms with Crippen LogP contribution in [0.1, 0.15) is 5.56 Å². The van der Waals surface area contributed by atoms with Crippen LogP contribution in [0.15, 0.2) is 42.7 Å². The number of aromatic nitrogens is 1. The molecule has 0 saturated carbocycles. The first-order chi connectivity index (χ1) is 10.7. The third kappa shape index (κ3) is 4.66. The van der Waals surface area contributed by atoms with E-state index in [1.807, 2.05) is 12.1 Å². The average molecular weight is 302 g/mol. The maximum atomic E-state index is 11.8. The van der Waals surface area contributed by atoms with Gasteiger partial charge in [0.15, 0.2) is 6.61 Å². The van der Waals surface area contributed by atoms with Crippen molar-refractivity contribution in [1.82, 2.24) is 10.3 Å². The highest BCUT2D eigenvalue weighted by Crippen LogP contribution is 2.27. The van der Waals surface area contributed by atoms with E-state index in [1.54, 1.807) is 44.8 Å². The van der Waals surface area contributed by atoms with Gasteiger partial charge < -0.3 is 19.5 Å². The lowest BCUT2D eigenvalue weighted by Gasteiger charge is -2.10. The molecule has 0 unspecified atom stereocenters. The molecule has 22 heavy (non-hydrogen) atoms. The van der Waals surface area contributed by atoms with Gasteiger partial charge in [0.25, 0.3) is 5.91 Å². The minimum atomic E-state index is -0.210. The highest BCUT2D eigenvalue weighted by Gasteiger charge is 2.06. The van der Waals surface area contributed by atoms with Crippen LogP contribution >= 0.6 is 0 Å². The number of rotatable bonds is 7. The van der Waals surface area contributed by atoms with E-state index in [4.69, 9.17) is 14.2 Å². The molecule has 116 valence electrons. The number of carbonyl (C=O) groups excluding carboxylic acids is 1.